The first-order valence-electron chi connectivity index (χ1n) is 6.92. The molecule has 0 aliphatic rings. The minimum atomic E-state index is -0.723. The summed E-state index contributed by atoms with van der Waals surface area (Å²) in [7, 11) is -0.723. The highest BCUT2D eigenvalue weighted by Gasteiger charge is 2.18. The first-order chi connectivity index (χ1) is 10.3. The maximum Gasteiger partial charge on any atom is 0.123 e. The fourth-order valence-corrected chi connectivity index (χ4v) is 4.88. The summed E-state index contributed by atoms with van der Waals surface area (Å²) >= 11 is 0. The van der Waals surface area contributed by atoms with Crippen molar-refractivity contribution in [3.63, 3.8) is 0 Å². The van der Waals surface area contributed by atoms with Crippen LogP contribution in [0, 0.1) is 12.7 Å². The first-order valence-corrected chi connectivity index (χ1v) is 8.26. The first kappa shape index (κ1) is 14.0. The van der Waals surface area contributed by atoms with Gasteiger partial charge in [-0.3, -0.25) is 0 Å². The van der Waals surface area contributed by atoms with Gasteiger partial charge in [-0.05, 0) is 48.5 Å². The van der Waals surface area contributed by atoms with E-state index in [0.717, 1.165) is 10.9 Å². The average molecular weight is 294 g/mol. The van der Waals surface area contributed by atoms with Gasteiger partial charge in [-0.15, -0.1) is 0 Å². The van der Waals surface area contributed by atoms with Crippen molar-refractivity contribution in [2.45, 2.75) is 6.92 Å². The summed E-state index contributed by atoms with van der Waals surface area (Å²) in [5, 5.41) is 3.57. The largest absolute Gasteiger partial charge is 0.207 e. The maximum atomic E-state index is 13.7. The molecule has 3 rings (SSSR count). The number of rotatable bonds is 3. The van der Waals surface area contributed by atoms with E-state index in [2.05, 4.69) is 31.2 Å². The molecular formula is C19H16FP. The molecule has 0 saturated carbocycles. The summed E-state index contributed by atoms with van der Waals surface area (Å²) in [6.07, 6.45) is 0. The van der Waals surface area contributed by atoms with E-state index in [0.29, 0.717) is 0 Å². The topological polar surface area (TPSA) is 0 Å². The lowest BCUT2D eigenvalue weighted by Gasteiger charge is -2.21. The minimum Gasteiger partial charge on any atom is -0.207 e. The van der Waals surface area contributed by atoms with Crippen LogP contribution in [0.1, 0.15) is 5.56 Å². The van der Waals surface area contributed by atoms with Crippen LogP contribution < -0.4 is 15.9 Å². The molecule has 3 aromatic rings. The van der Waals surface area contributed by atoms with Gasteiger partial charge < -0.3 is 0 Å². The third kappa shape index (κ3) is 3.04. The molecule has 0 aromatic heterocycles. The highest BCUT2D eigenvalue weighted by Crippen LogP contribution is 2.34. The Labute approximate surface area is 126 Å². The smallest absolute Gasteiger partial charge is 0.123 e. The van der Waals surface area contributed by atoms with Crippen LogP contribution >= 0.6 is 7.92 Å². The Morgan fingerprint density at radius 1 is 0.714 bits per heavy atom. The quantitative estimate of drug-likeness (QED) is 0.643. The molecule has 0 spiro atoms. The van der Waals surface area contributed by atoms with Crippen LogP contribution in [-0.4, -0.2) is 0 Å². The Morgan fingerprint density at radius 3 is 1.76 bits per heavy atom. The van der Waals surface area contributed by atoms with Crippen LogP contribution in [0.5, 0.6) is 0 Å². The van der Waals surface area contributed by atoms with Crippen LogP contribution in [0.4, 0.5) is 4.39 Å². The number of halogens is 1. The van der Waals surface area contributed by atoms with Gasteiger partial charge in [0.15, 0.2) is 0 Å². The van der Waals surface area contributed by atoms with Crippen molar-refractivity contribution >= 4 is 23.8 Å². The SMILES string of the molecule is Cc1ccc(F)cc1P(c1ccccc1)c1ccccc1. The van der Waals surface area contributed by atoms with Crippen molar-refractivity contribution in [3.8, 4) is 0 Å². The highest BCUT2D eigenvalue weighted by molar-refractivity contribution is 7.79. The predicted molar refractivity (Wildman–Crippen MR) is 89.8 cm³/mol. The number of hydrogen-bond donors (Lipinski definition) is 0. The fourth-order valence-electron chi connectivity index (χ4n) is 2.40. The van der Waals surface area contributed by atoms with E-state index >= 15 is 0 Å². The lowest BCUT2D eigenvalue weighted by molar-refractivity contribution is 0.628. The lowest BCUT2D eigenvalue weighted by Crippen LogP contribution is -2.22. The second kappa shape index (κ2) is 6.20. The van der Waals surface area contributed by atoms with Crippen LogP contribution in [0.2, 0.25) is 0 Å². The second-order valence-electron chi connectivity index (χ2n) is 4.94. The summed E-state index contributed by atoms with van der Waals surface area (Å²) in [5.74, 6) is -0.171. The molecule has 0 aliphatic heterocycles. The molecule has 0 N–H and O–H groups in total. The predicted octanol–water partition coefficient (Wildman–Crippen LogP) is 3.89. The van der Waals surface area contributed by atoms with Crippen LogP contribution in [0.25, 0.3) is 0 Å². The van der Waals surface area contributed by atoms with E-state index in [-0.39, 0.29) is 5.82 Å². The van der Waals surface area contributed by atoms with E-state index in [1.54, 1.807) is 6.07 Å². The molecule has 0 bridgehead atoms. The Bertz CT molecular complexity index is 684. The van der Waals surface area contributed by atoms with Gasteiger partial charge in [-0.2, -0.15) is 0 Å². The minimum absolute atomic E-state index is 0.171. The van der Waals surface area contributed by atoms with Gasteiger partial charge in [-0.1, -0.05) is 66.7 Å². The summed E-state index contributed by atoms with van der Waals surface area (Å²) in [6.45, 7) is 2.05. The zero-order valence-electron chi connectivity index (χ0n) is 11.8. The molecule has 0 saturated heterocycles. The van der Waals surface area contributed by atoms with Crippen LogP contribution in [0.15, 0.2) is 78.9 Å². The van der Waals surface area contributed by atoms with Gasteiger partial charge in [0.2, 0.25) is 0 Å². The summed E-state index contributed by atoms with van der Waals surface area (Å²) in [4.78, 5) is 0. The number of benzene rings is 3. The summed E-state index contributed by atoms with van der Waals surface area (Å²) in [6, 6.07) is 25.8. The molecule has 0 heterocycles. The summed E-state index contributed by atoms with van der Waals surface area (Å²) in [5.41, 5.74) is 1.13. The third-order valence-corrected chi connectivity index (χ3v) is 6.03. The zero-order chi connectivity index (χ0) is 14.7. The maximum absolute atomic E-state index is 13.7. The van der Waals surface area contributed by atoms with Crippen molar-refractivity contribution < 1.29 is 4.39 Å². The third-order valence-electron chi connectivity index (χ3n) is 3.44. The second-order valence-corrected chi connectivity index (χ2v) is 7.12. The lowest BCUT2D eigenvalue weighted by atomic mass is 10.2. The highest BCUT2D eigenvalue weighted by atomic mass is 31.1. The Morgan fingerprint density at radius 2 is 1.24 bits per heavy atom. The molecule has 0 radical (unpaired) electrons. The Hall–Kier alpha value is -1.98. The van der Waals surface area contributed by atoms with Crippen LogP contribution in [0.3, 0.4) is 0 Å². The van der Waals surface area contributed by atoms with Crippen molar-refractivity contribution in [2.24, 2.45) is 0 Å². The van der Waals surface area contributed by atoms with Crippen LogP contribution in [-0.2, 0) is 0 Å². The molecule has 104 valence electrons. The number of aryl methyl sites for hydroxylation is 1. The van der Waals surface area contributed by atoms with Crippen molar-refractivity contribution in [1.29, 1.82) is 0 Å². The van der Waals surface area contributed by atoms with E-state index in [9.17, 15) is 4.39 Å². The van der Waals surface area contributed by atoms with Crippen molar-refractivity contribution in [2.75, 3.05) is 0 Å². The fraction of sp³-hybridized carbons (Fsp3) is 0.0526. The van der Waals surface area contributed by atoms with E-state index < -0.39 is 7.92 Å². The van der Waals surface area contributed by atoms with Gasteiger partial charge in [0.05, 0.1) is 0 Å². The van der Waals surface area contributed by atoms with E-state index in [1.807, 2.05) is 42.5 Å². The summed E-state index contributed by atoms with van der Waals surface area (Å²) < 4.78 is 13.7. The standard InChI is InChI=1S/C19H16FP/c1-15-12-13-16(20)14-19(15)21(17-8-4-2-5-9-17)18-10-6-3-7-11-18/h2-14H,1H3. The van der Waals surface area contributed by atoms with Crippen molar-refractivity contribution in [1.82, 2.24) is 0 Å². The molecule has 3 aromatic carbocycles. The van der Waals surface area contributed by atoms with Gasteiger partial charge in [0.1, 0.15) is 5.82 Å². The molecule has 0 fully saturated rings. The van der Waals surface area contributed by atoms with Gasteiger partial charge in [0.25, 0.3) is 0 Å². The van der Waals surface area contributed by atoms with E-state index in [1.165, 1.54) is 16.7 Å². The molecular weight excluding hydrogens is 278 g/mol. The van der Waals surface area contributed by atoms with Gasteiger partial charge in [-0.25, -0.2) is 4.39 Å². The molecule has 0 aliphatic carbocycles. The molecule has 0 unspecified atom stereocenters. The van der Waals surface area contributed by atoms with Crippen molar-refractivity contribution in [3.05, 3.63) is 90.2 Å². The zero-order valence-corrected chi connectivity index (χ0v) is 12.7. The van der Waals surface area contributed by atoms with Gasteiger partial charge in [0, 0.05) is 0 Å². The molecule has 0 atom stereocenters. The number of hydrogen-bond acceptors (Lipinski definition) is 0. The Balaban J connectivity index is 2.20. The van der Waals surface area contributed by atoms with Gasteiger partial charge >= 0.3 is 0 Å². The molecule has 0 amide bonds. The molecule has 21 heavy (non-hydrogen) atoms. The van der Waals surface area contributed by atoms with E-state index in [4.69, 9.17) is 0 Å². The molecule has 0 nitrogen and oxygen atoms in total. The molecule has 2 heteroatoms. The average Bonchev–Trinajstić information content (AvgIpc) is 2.53. The Kier molecular flexibility index (Phi) is 4.13. The normalized spacial score (nSPS) is 10.8. The monoisotopic (exact) mass is 294 g/mol.